The molecule has 11 nitrogen and oxygen atoms in total. The highest BCUT2D eigenvalue weighted by molar-refractivity contribution is 14.1. The summed E-state index contributed by atoms with van der Waals surface area (Å²) in [6.45, 7) is 0.512. The van der Waals surface area contributed by atoms with Crippen LogP contribution in [-0.4, -0.2) is 117 Å². The van der Waals surface area contributed by atoms with E-state index in [9.17, 15) is 35.7 Å². The molecule has 0 saturated carbocycles. The maximum absolute atomic E-state index is 10.2. The molecule has 26 heavy (non-hydrogen) atoms. The highest BCUT2D eigenvalue weighted by Gasteiger charge is 2.44. The minimum Gasteiger partial charge on any atom is -0.436 e. The molecule has 14 heteroatoms. The van der Waals surface area contributed by atoms with Crippen molar-refractivity contribution in [3.05, 3.63) is 0 Å². The average Bonchev–Trinajstić information content (AvgIpc) is 2.61. The first-order valence-corrected chi connectivity index (χ1v) is 8.81. The zero-order chi connectivity index (χ0) is 20.6. The quantitative estimate of drug-likeness (QED) is 0.0496. The van der Waals surface area contributed by atoms with Gasteiger partial charge in [0, 0.05) is 0 Å². The summed E-state index contributed by atoms with van der Waals surface area (Å²) in [5.74, 6) is 0. The van der Waals surface area contributed by atoms with Crippen molar-refractivity contribution in [1.29, 1.82) is 0 Å². The van der Waals surface area contributed by atoms with E-state index in [1.807, 2.05) is 0 Å². The van der Waals surface area contributed by atoms with E-state index in [1.165, 1.54) is 29.9 Å². The van der Waals surface area contributed by atoms with Crippen molar-refractivity contribution in [2.45, 2.75) is 68.0 Å². The van der Waals surface area contributed by atoms with Crippen LogP contribution in [0.2, 0.25) is 0 Å². The van der Waals surface area contributed by atoms with E-state index in [0.717, 1.165) is 8.05 Å². The zero-order valence-corrected chi connectivity index (χ0v) is 17.2. The Labute approximate surface area is 171 Å². The van der Waals surface area contributed by atoms with Crippen molar-refractivity contribution < 1.29 is 52.8 Å². The molecular formula is C12H26BIO11S. The van der Waals surface area contributed by atoms with Crippen LogP contribution in [0.1, 0.15) is 6.92 Å². The Balaban J connectivity index is 5.29. The van der Waals surface area contributed by atoms with Crippen LogP contribution in [0.5, 0.6) is 0 Å². The Hall–Kier alpha value is 0.705. The summed E-state index contributed by atoms with van der Waals surface area (Å²) in [4.78, 5) is 0. The predicted octanol–water partition coefficient (Wildman–Crippen LogP) is -4.58. The van der Waals surface area contributed by atoms with Gasteiger partial charge in [-0.15, -0.1) is 0 Å². The zero-order valence-electron chi connectivity index (χ0n) is 14.1. The standard InChI is InChI=1S/C12H26BIO11S/c1-3(16)10(24-14)6(19)5(18)7(20)12(25-26)9(22)8(21)11(23-13)4(17)2-15/h3-12,15-22,26H,2,13H2,1H3/t3?,4?,5?,6?,7?,8?,9?,10?,11-,12?/m1/s1. The molecule has 156 valence electrons. The normalized spacial score (nSPS) is 24.0. The predicted molar refractivity (Wildman–Crippen MR) is 101 cm³/mol. The van der Waals surface area contributed by atoms with Crippen LogP contribution in [0.3, 0.4) is 0 Å². The first-order chi connectivity index (χ1) is 12.1. The summed E-state index contributed by atoms with van der Waals surface area (Å²) < 4.78 is 14.2. The fourth-order valence-electron chi connectivity index (χ4n) is 2.35. The summed E-state index contributed by atoms with van der Waals surface area (Å²) >= 11 is 4.88. The van der Waals surface area contributed by atoms with E-state index in [1.54, 1.807) is 0 Å². The fraction of sp³-hybridized carbons (Fsp3) is 1.00. The number of aliphatic hydroxyl groups is 8. The van der Waals surface area contributed by atoms with Gasteiger partial charge >= 0.3 is 0 Å². The number of hydrogen-bond donors (Lipinski definition) is 9. The van der Waals surface area contributed by atoms with Gasteiger partial charge in [-0.3, -0.25) is 0 Å². The highest BCUT2D eigenvalue weighted by Crippen LogP contribution is 2.22. The molecule has 0 spiro atoms. The van der Waals surface area contributed by atoms with Crippen LogP contribution in [0.25, 0.3) is 0 Å². The van der Waals surface area contributed by atoms with Crippen LogP contribution in [0, 0.1) is 0 Å². The largest absolute Gasteiger partial charge is 0.436 e. The average molecular weight is 516 g/mol. The third-order valence-corrected chi connectivity index (χ3v) is 4.77. The number of aliphatic hydroxyl groups excluding tert-OH is 8. The van der Waals surface area contributed by atoms with Gasteiger partial charge in [-0.25, -0.2) is 0 Å². The molecule has 0 amide bonds. The monoisotopic (exact) mass is 516 g/mol. The molecule has 0 bridgehead atoms. The minimum atomic E-state index is -1.98. The summed E-state index contributed by atoms with van der Waals surface area (Å²) in [6.07, 6.45) is -16.7. The first kappa shape index (κ1) is 26.7. The highest BCUT2D eigenvalue weighted by atomic mass is 127. The number of rotatable bonds is 13. The summed E-state index contributed by atoms with van der Waals surface area (Å²) in [6, 6.07) is 0. The third kappa shape index (κ3) is 6.95. The maximum atomic E-state index is 10.2. The molecule has 0 rings (SSSR count). The third-order valence-electron chi connectivity index (χ3n) is 3.93. The van der Waals surface area contributed by atoms with Gasteiger partial charge in [-0.2, -0.15) is 0 Å². The minimum absolute atomic E-state index is 0.776. The molecule has 0 radical (unpaired) electrons. The lowest BCUT2D eigenvalue weighted by Gasteiger charge is -2.37. The second-order valence-corrected chi connectivity index (χ2v) is 6.49. The second kappa shape index (κ2) is 13.0. The van der Waals surface area contributed by atoms with Crippen molar-refractivity contribution in [2.75, 3.05) is 6.61 Å². The molecule has 0 saturated heterocycles. The molecule has 0 aromatic rings. The topological polar surface area (TPSA) is 190 Å². The lowest BCUT2D eigenvalue weighted by atomic mass is 9.90. The Morgan fingerprint density at radius 3 is 1.62 bits per heavy atom. The molecule has 0 aromatic carbocycles. The Morgan fingerprint density at radius 2 is 1.27 bits per heavy atom. The van der Waals surface area contributed by atoms with E-state index >= 15 is 0 Å². The van der Waals surface area contributed by atoms with Gasteiger partial charge < -0.3 is 52.8 Å². The molecule has 0 aliphatic heterocycles. The van der Waals surface area contributed by atoms with Crippen LogP contribution < -0.4 is 0 Å². The van der Waals surface area contributed by atoms with E-state index in [4.69, 9.17) is 12.8 Å². The van der Waals surface area contributed by atoms with Crippen LogP contribution in [0.4, 0.5) is 0 Å². The second-order valence-electron chi connectivity index (χ2n) is 5.77. The van der Waals surface area contributed by atoms with Crippen LogP contribution >= 0.6 is 35.9 Å². The molecule has 10 atom stereocenters. The van der Waals surface area contributed by atoms with Gasteiger partial charge in [0.1, 0.15) is 71.8 Å². The van der Waals surface area contributed by atoms with Gasteiger partial charge in [0.25, 0.3) is 8.05 Å². The molecule has 0 fully saturated rings. The van der Waals surface area contributed by atoms with E-state index in [2.05, 4.69) is 17.1 Å². The molecular weight excluding hydrogens is 490 g/mol. The summed E-state index contributed by atoms with van der Waals surface area (Å²) in [5.41, 5.74) is 0. The summed E-state index contributed by atoms with van der Waals surface area (Å²) in [5, 5.41) is 78.7. The van der Waals surface area contributed by atoms with Gasteiger partial charge in [0.2, 0.25) is 0 Å². The Morgan fingerprint density at radius 1 is 0.846 bits per heavy atom. The van der Waals surface area contributed by atoms with Crippen LogP contribution in [0.15, 0.2) is 0 Å². The van der Waals surface area contributed by atoms with Crippen molar-refractivity contribution in [3.8, 4) is 0 Å². The van der Waals surface area contributed by atoms with Crippen molar-refractivity contribution >= 4 is 44.0 Å². The Bertz CT molecular complexity index is 385. The first-order valence-electron chi connectivity index (χ1n) is 7.56. The SMILES string of the molecule is BO[C@H](C(O)CO)C(O)C(O)C(OS)C(O)C(O)C(O)C(OI)C(C)O. The van der Waals surface area contributed by atoms with Gasteiger partial charge in [-0.1, -0.05) is 0 Å². The number of halogens is 1. The van der Waals surface area contributed by atoms with Crippen molar-refractivity contribution in [3.63, 3.8) is 0 Å². The van der Waals surface area contributed by atoms with E-state index in [-0.39, 0.29) is 0 Å². The maximum Gasteiger partial charge on any atom is 0.257 e. The number of hydrogen-bond acceptors (Lipinski definition) is 12. The van der Waals surface area contributed by atoms with Crippen LogP contribution in [-0.2, 0) is 11.9 Å². The van der Waals surface area contributed by atoms with E-state index in [0.29, 0.717) is 0 Å². The van der Waals surface area contributed by atoms with Gasteiger partial charge in [0.15, 0.2) is 0 Å². The van der Waals surface area contributed by atoms with E-state index < -0.39 is 67.6 Å². The van der Waals surface area contributed by atoms with Gasteiger partial charge in [0.05, 0.1) is 18.8 Å². The van der Waals surface area contributed by atoms with Crippen molar-refractivity contribution in [1.82, 2.24) is 0 Å². The molecule has 0 aliphatic carbocycles. The smallest absolute Gasteiger partial charge is 0.257 e. The molecule has 0 aromatic heterocycles. The molecule has 0 heterocycles. The van der Waals surface area contributed by atoms with Gasteiger partial charge in [-0.05, 0) is 19.8 Å². The Kier molecular flexibility index (Phi) is 13.4. The van der Waals surface area contributed by atoms with Crippen molar-refractivity contribution in [2.24, 2.45) is 0 Å². The number of thiol groups is 1. The molecule has 8 N–H and O–H groups in total. The fourth-order valence-corrected chi connectivity index (χ4v) is 3.32. The molecule has 0 aliphatic rings. The summed E-state index contributed by atoms with van der Waals surface area (Å²) in [7, 11) is 1.11. The molecule has 9 unspecified atom stereocenters. The lowest BCUT2D eigenvalue weighted by molar-refractivity contribution is -0.174. The lowest BCUT2D eigenvalue weighted by Crippen LogP contribution is -2.58.